The molecule has 0 atom stereocenters. The predicted molar refractivity (Wildman–Crippen MR) is 145 cm³/mol. The van der Waals surface area contributed by atoms with Crippen LogP contribution in [0.25, 0.3) is 21.7 Å². The number of aliphatic imine (C=N–C) groups is 2. The van der Waals surface area contributed by atoms with Gasteiger partial charge in [-0.2, -0.15) is 0 Å². The van der Waals surface area contributed by atoms with Crippen molar-refractivity contribution in [2.24, 2.45) is 9.98 Å². The van der Waals surface area contributed by atoms with Crippen molar-refractivity contribution in [2.75, 3.05) is 4.72 Å². The fourth-order valence-corrected chi connectivity index (χ4v) is 6.28. The molecular weight excluding hydrogens is 432 g/mol. The number of anilines is 1. The lowest BCUT2D eigenvalue weighted by Crippen LogP contribution is -2.00. The number of para-hydroxylation sites is 1. The first-order valence-electron chi connectivity index (χ1n) is 10.1. The minimum absolute atomic E-state index is 0.673. The van der Waals surface area contributed by atoms with Crippen molar-refractivity contribution in [1.29, 1.82) is 0 Å². The van der Waals surface area contributed by atoms with E-state index in [1.165, 1.54) is 10.9 Å². The van der Waals surface area contributed by atoms with Gasteiger partial charge < -0.3 is 4.72 Å². The van der Waals surface area contributed by atoms with Crippen LogP contribution in [0.5, 0.6) is 0 Å². The second-order valence-electron chi connectivity index (χ2n) is 7.66. The summed E-state index contributed by atoms with van der Waals surface area (Å²) in [5.41, 5.74) is 3.78. The molecule has 5 rings (SSSR count). The zero-order valence-electron chi connectivity index (χ0n) is 17.7. The molecule has 158 valence electrons. The molecule has 0 saturated heterocycles. The van der Waals surface area contributed by atoms with Crippen LogP contribution < -0.4 is 4.72 Å². The Hall–Kier alpha value is -3.35. The number of amidine groups is 1. The molecule has 0 aliphatic carbocycles. The number of fused-ring (bicyclic) bond motifs is 2. The summed E-state index contributed by atoms with van der Waals surface area (Å²) in [7, 11) is -1.89. The molecule has 2 heterocycles. The van der Waals surface area contributed by atoms with Crippen LogP contribution in [-0.4, -0.2) is 28.1 Å². The first kappa shape index (κ1) is 20.5. The summed E-state index contributed by atoms with van der Waals surface area (Å²) < 4.78 is 3.68. The standard InChI is InChI=1S/C26H22N4S2/c1-17-16-28-26(29-17)31-23-15-22(21-12-6-5-11-20(21)18(23)2)30-32(3,4)24-13-7-9-19-10-8-14-27-25(19)24/h5-16,30H,1,3-4H2,2H3. The third-order valence-electron chi connectivity index (χ3n) is 5.35. The number of hydrogen-bond acceptors (Lipinski definition) is 5. The molecule has 0 saturated carbocycles. The maximum absolute atomic E-state index is 4.62. The van der Waals surface area contributed by atoms with E-state index in [1.54, 1.807) is 18.0 Å². The first-order chi connectivity index (χ1) is 15.4. The van der Waals surface area contributed by atoms with Crippen molar-refractivity contribution in [2.45, 2.75) is 16.7 Å². The smallest absolute Gasteiger partial charge is 0.193 e. The van der Waals surface area contributed by atoms with E-state index in [-0.39, 0.29) is 0 Å². The topological polar surface area (TPSA) is 49.6 Å². The summed E-state index contributed by atoms with van der Waals surface area (Å²) >= 11 is 1.54. The molecule has 0 bridgehead atoms. The monoisotopic (exact) mass is 454 g/mol. The number of rotatable bonds is 4. The molecule has 4 aromatic rings. The molecule has 6 heteroatoms. The zero-order chi connectivity index (χ0) is 22.3. The quantitative estimate of drug-likeness (QED) is 0.345. The van der Waals surface area contributed by atoms with E-state index in [1.807, 2.05) is 18.3 Å². The third kappa shape index (κ3) is 3.72. The highest BCUT2D eigenvalue weighted by Gasteiger charge is 2.16. The van der Waals surface area contributed by atoms with Crippen LogP contribution in [0.3, 0.4) is 0 Å². The molecule has 0 spiro atoms. The average molecular weight is 455 g/mol. The number of benzene rings is 3. The molecule has 4 nitrogen and oxygen atoms in total. The number of thioether (sulfide) groups is 1. The van der Waals surface area contributed by atoms with Gasteiger partial charge in [0.15, 0.2) is 5.17 Å². The highest BCUT2D eigenvalue weighted by molar-refractivity contribution is 8.29. The summed E-state index contributed by atoms with van der Waals surface area (Å²) in [5.74, 6) is 9.03. The highest BCUT2D eigenvalue weighted by Crippen LogP contribution is 2.42. The Bertz CT molecular complexity index is 1560. The molecule has 32 heavy (non-hydrogen) atoms. The Kier molecular flexibility index (Phi) is 5.12. The molecule has 1 aromatic heterocycles. The Morgan fingerprint density at radius 3 is 2.53 bits per heavy atom. The normalized spacial score (nSPS) is 13.7. The zero-order valence-corrected chi connectivity index (χ0v) is 19.3. The van der Waals surface area contributed by atoms with Gasteiger partial charge in [-0.3, -0.25) is 4.98 Å². The number of allylic oxidation sites excluding steroid dienone is 1. The number of nitrogens with zero attached hydrogens (tertiary/aromatic N) is 3. The predicted octanol–water partition coefficient (Wildman–Crippen LogP) is 6.80. The average Bonchev–Trinajstić information content (AvgIpc) is 3.21. The van der Waals surface area contributed by atoms with Crippen molar-refractivity contribution in [1.82, 2.24) is 4.98 Å². The van der Waals surface area contributed by atoms with Crippen LogP contribution in [-0.2, 0) is 0 Å². The maximum atomic E-state index is 4.62. The largest absolute Gasteiger partial charge is 0.337 e. The van der Waals surface area contributed by atoms with E-state index in [9.17, 15) is 0 Å². The van der Waals surface area contributed by atoms with E-state index in [0.29, 0.717) is 10.9 Å². The van der Waals surface area contributed by atoms with Gasteiger partial charge in [0.2, 0.25) is 0 Å². The van der Waals surface area contributed by atoms with E-state index < -0.39 is 9.39 Å². The van der Waals surface area contributed by atoms with Crippen LogP contribution in [0.15, 0.2) is 98.9 Å². The van der Waals surface area contributed by atoms with Crippen LogP contribution in [0.1, 0.15) is 5.56 Å². The second-order valence-corrected chi connectivity index (χ2v) is 11.1. The van der Waals surface area contributed by atoms with Gasteiger partial charge in [-0.1, -0.05) is 60.8 Å². The number of hydrogen-bond donors (Lipinski definition) is 1. The summed E-state index contributed by atoms with van der Waals surface area (Å²) in [5, 5.41) is 4.08. The van der Waals surface area contributed by atoms with Crippen molar-refractivity contribution in [3.05, 3.63) is 84.7 Å². The number of pyridine rings is 1. The fourth-order valence-electron chi connectivity index (χ4n) is 3.80. The highest BCUT2D eigenvalue weighted by atomic mass is 32.2. The summed E-state index contributed by atoms with van der Waals surface area (Å²) in [6, 6.07) is 20.7. The summed E-state index contributed by atoms with van der Waals surface area (Å²) in [6.45, 7) is 5.99. The van der Waals surface area contributed by atoms with Gasteiger partial charge in [0.1, 0.15) is 0 Å². The number of nitrogens with one attached hydrogen (secondary N) is 1. The van der Waals surface area contributed by atoms with Crippen LogP contribution in [0.4, 0.5) is 5.69 Å². The van der Waals surface area contributed by atoms with Crippen molar-refractivity contribution >= 4 is 71.6 Å². The van der Waals surface area contributed by atoms with Crippen LogP contribution >= 0.6 is 21.2 Å². The lowest BCUT2D eigenvalue weighted by atomic mass is 10.0. The molecule has 0 radical (unpaired) electrons. The van der Waals surface area contributed by atoms with Crippen molar-refractivity contribution in [3.63, 3.8) is 0 Å². The molecular formula is C26H22N4S2. The number of aryl methyl sites for hydroxylation is 1. The SMILES string of the molecule is C=C1C=NC(Sc2cc(NS(=C)(=C)c3cccc4cccnc34)c3ccccc3c2C)=N1. The van der Waals surface area contributed by atoms with E-state index in [4.69, 9.17) is 0 Å². The minimum atomic E-state index is -1.89. The molecule has 0 fully saturated rings. The molecule has 1 aliphatic heterocycles. The van der Waals surface area contributed by atoms with Gasteiger partial charge in [0.05, 0.1) is 23.1 Å². The fraction of sp³-hybridized carbons (Fsp3) is 0.0385. The Morgan fingerprint density at radius 1 is 0.969 bits per heavy atom. The second kappa shape index (κ2) is 7.97. The van der Waals surface area contributed by atoms with Gasteiger partial charge in [0.25, 0.3) is 0 Å². The molecule has 1 N–H and O–H groups in total. The molecule has 0 unspecified atom stereocenters. The van der Waals surface area contributed by atoms with Crippen molar-refractivity contribution in [3.8, 4) is 0 Å². The summed E-state index contributed by atoms with van der Waals surface area (Å²) in [6.07, 6.45) is 3.50. The molecule has 0 amide bonds. The van der Waals surface area contributed by atoms with Gasteiger partial charge in [-0.15, -0.1) is 9.39 Å². The van der Waals surface area contributed by atoms with Gasteiger partial charge in [-0.25, -0.2) is 9.98 Å². The Balaban J connectivity index is 1.63. The third-order valence-corrected chi connectivity index (χ3v) is 8.16. The first-order valence-corrected chi connectivity index (χ1v) is 12.8. The summed E-state index contributed by atoms with van der Waals surface area (Å²) in [4.78, 5) is 15.5. The van der Waals surface area contributed by atoms with Gasteiger partial charge >= 0.3 is 0 Å². The molecule has 3 aromatic carbocycles. The lowest BCUT2D eigenvalue weighted by molar-refractivity contribution is 1.34. The van der Waals surface area contributed by atoms with Gasteiger partial charge in [0, 0.05) is 26.8 Å². The van der Waals surface area contributed by atoms with E-state index in [0.717, 1.165) is 31.8 Å². The van der Waals surface area contributed by atoms with E-state index >= 15 is 0 Å². The van der Waals surface area contributed by atoms with Gasteiger partial charge in [-0.05, 0) is 47.8 Å². The van der Waals surface area contributed by atoms with Crippen LogP contribution in [0.2, 0.25) is 0 Å². The molecule has 1 aliphatic rings. The van der Waals surface area contributed by atoms with E-state index in [2.05, 4.69) is 93.5 Å². The lowest BCUT2D eigenvalue weighted by Gasteiger charge is -2.22. The minimum Gasteiger partial charge on any atom is -0.337 e. The maximum Gasteiger partial charge on any atom is 0.193 e. The van der Waals surface area contributed by atoms with Crippen molar-refractivity contribution < 1.29 is 0 Å². The Morgan fingerprint density at radius 2 is 1.75 bits per heavy atom. The number of aromatic nitrogens is 1. The van der Waals surface area contributed by atoms with Crippen LogP contribution in [0, 0.1) is 6.92 Å². The Labute approximate surface area is 192 Å².